The SMILES string of the molecule is O=C(O)c1cc(-c2ccc(OC(F)F)cc2)nc2c(Cl)cnn12. The summed E-state index contributed by atoms with van der Waals surface area (Å²) in [6.45, 7) is -2.92. The van der Waals surface area contributed by atoms with E-state index in [4.69, 9.17) is 11.6 Å². The van der Waals surface area contributed by atoms with Crippen LogP contribution in [-0.2, 0) is 0 Å². The van der Waals surface area contributed by atoms with Crippen molar-refractivity contribution in [2.45, 2.75) is 6.61 Å². The molecule has 3 aromatic rings. The number of aromatic nitrogens is 3. The van der Waals surface area contributed by atoms with Crippen LogP contribution in [0.25, 0.3) is 16.9 Å². The molecule has 23 heavy (non-hydrogen) atoms. The first-order chi connectivity index (χ1) is 11.0. The Labute approximate surface area is 132 Å². The molecule has 0 atom stereocenters. The summed E-state index contributed by atoms with van der Waals surface area (Å²) < 4.78 is 29.7. The van der Waals surface area contributed by atoms with Gasteiger partial charge in [0.15, 0.2) is 11.3 Å². The van der Waals surface area contributed by atoms with Crippen LogP contribution in [0.3, 0.4) is 0 Å². The van der Waals surface area contributed by atoms with Crippen LogP contribution in [0.4, 0.5) is 8.78 Å². The van der Waals surface area contributed by atoms with Crippen LogP contribution in [0.5, 0.6) is 5.75 Å². The molecule has 0 unspecified atom stereocenters. The molecule has 2 aromatic heterocycles. The number of carboxylic acid groups (broad SMARTS) is 1. The fourth-order valence-electron chi connectivity index (χ4n) is 2.04. The molecule has 118 valence electrons. The lowest BCUT2D eigenvalue weighted by Crippen LogP contribution is -2.08. The molecule has 1 N–H and O–H groups in total. The Bertz CT molecular complexity index is 881. The van der Waals surface area contributed by atoms with Crippen LogP contribution in [0, 0.1) is 0 Å². The van der Waals surface area contributed by atoms with Gasteiger partial charge in [0.1, 0.15) is 10.8 Å². The maximum atomic E-state index is 12.1. The van der Waals surface area contributed by atoms with Crippen molar-refractivity contribution in [3.63, 3.8) is 0 Å². The second kappa shape index (κ2) is 5.81. The zero-order chi connectivity index (χ0) is 16.6. The number of benzene rings is 1. The number of ether oxygens (including phenoxy) is 1. The van der Waals surface area contributed by atoms with Crippen LogP contribution in [0.15, 0.2) is 36.5 Å². The lowest BCUT2D eigenvalue weighted by molar-refractivity contribution is -0.0498. The third kappa shape index (κ3) is 2.93. The largest absolute Gasteiger partial charge is 0.477 e. The predicted octanol–water partition coefficient (Wildman–Crippen LogP) is 3.35. The molecule has 2 heterocycles. The van der Waals surface area contributed by atoms with Crippen LogP contribution in [0.2, 0.25) is 5.02 Å². The van der Waals surface area contributed by atoms with Gasteiger partial charge in [-0.05, 0) is 30.3 Å². The Morgan fingerprint density at radius 2 is 2.00 bits per heavy atom. The van der Waals surface area contributed by atoms with Gasteiger partial charge in [0.05, 0.1) is 11.9 Å². The highest BCUT2D eigenvalue weighted by molar-refractivity contribution is 6.33. The molecule has 0 aliphatic rings. The van der Waals surface area contributed by atoms with E-state index in [1.54, 1.807) is 0 Å². The highest BCUT2D eigenvalue weighted by atomic mass is 35.5. The summed E-state index contributed by atoms with van der Waals surface area (Å²) in [5.41, 5.74) is 0.911. The highest BCUT2D eigenvalue weighted by Crippen LogP contribution is 2.25. The molecule has 0 amide bonds. The number of fused-ring (bicyclic) bond motifs is 1. The molecule has 0 radical (unpaired) electrons. The average Bonchev–Trinajstić information content (AvgIpc) is 2.88. The van der Waals surface area contributed by atoms with Gasteiger partial charge in [-0.1, -0.05) is 11.6 Å². The summed E-state index contributed by atoms with van der Waals surface area (Å²) in [5.74, 6) is -1.21. The predicted molar refractivity (Wildman–Crippen MR) is 77.0 cm³/mol. The van der Waals surface area contributed by atoms with Crippen molar-refractivity contribution in [2.24, 2.45) is 0 Å². The van der Waals surface area contributed by atoms with Gasteiger partial charge in [-0.2, -0.15) is 13.9 Å². The summed E-state index contributed by atoms with van der Waals surface area (Å²) in [6.07, 6.45) is 1.29. The van der Waals surface area contributed by atoms with Crippen LogP contribution < -0.4 is 4.74 Å². The number of aromatic carboxylic acids is 1. The molecule has 1 aromatic carbocycles. The fourth-order valence-corrected chi connectivity index (χ4v) is 2.21. The number of rotatable bonds is 4. The molecule has 3 rings (SSSR count). The number of halogens is 3. The lowest BCUT2D eigenvalue weighted by atomic mass is 10.1. The second-order valence-electron chi connectivity index (χ2n) is 4.46. The van der Waals surface area contributed by atoms with Gasteiger partial charge >= 0.3 is 12.6 Å². The number of carboxylic acids is 1. The first-order valence-electron chi connectivity index (χ1n) is 6.28. The number of alkyl halides is 2. The van der Waals surface area contributed by atoms with Crippen molar-refractivity contribution in [1.82, 2.24) is 14.6 Å². The van der Waals surface area contributed by atoms with E-state index in [0.29, 0.717) is 11.3 Å². The summed E-state index contributed by atoms with van der Waals surface area (Å²) in [5, 5.41) is 13.3. The number of nitrogens with zero attached hydrogens (tertiary/aromatic N) is 3. The molecule has 0 bridgehead atoms. The molecule has 0 aliphatic carbocycles. The van der Waals surface area contributed by atoms with Gasteiger partial charge in [0, 0.05) is 5.56 Å². The third-order valence-electron chi connectivity index (χ3n) is 3.02. The highest BCUT2D eigenvalue weighted by Gasteiger charge is 2.16. The van der Waals surface area contributed by atoms with E-state index in [9.17, 15) is 18.7 Å². The molecule has 9 heteroatoms. The normalized spacial score (nSPS) is 11.1. The maximum absolute atomic E-state index is 12.1. The number of hydrogen-bond acceptors (Lipinski definition) is 4. The summed E-state index contributed by atoms with van der Waals surface area (Å²) in [4.78, 5) is 15.6. The quantitative estimate of drug-likeness (QED) is 0.788. The van der Waals surface area contributed by atoms with Gasteiger partial charge in [-0.3, -0.25) is 0 Å². The summed E-state index contributed by atoms with van der Waals surface area (Å²) in [6, 6.07) is 6.98. The molecule has 0 saturated heterocycles. The van der Waals surface area contributed by atoms with E-state index in [1.165, 1.54) is 36.5 Å². The Balaban J connectivity index is 2.09. The smallest absolute Gasteiger partial charge is 0.387 e. The van der Waals surface area contributed by atoms with E-state index in [0.717, 1.165) is 4.52 Å². The maximum Gasteiger partial charge on any atom is 0.387 e. The Hall–Kier alpha value is -2.74. The van der Waals surface area contributed by atoms with Gasteiger partial charge in [-0.25, -0.2) is 14.3 Å². The first kappa shape index (κ1) is 15.2. The van der Waals surface area contributed by atoms with Crippen molar-refractivity contribution >= 4 is 23.2 Å². The molecule has 6 nitrogen and oxygen atoms in total. The molecular formula is C14H8ClF2N3O3. The third-order valence-corrected chi connectivity index (χ3v) is 3.29. The lowest BCUT2D eigenvalue weighted by Gasteiger charge is -2.07. The van der Waals surface area contributed by atoms with E-state index >= 15 is 0 Å². The average molecular weight is 340 g/mol. The summed E-state index contributed by atoms with van der Waals surface area (Å²) >= 11 is 5.95. The van der Waals surface area contributed by atoms with Crippen molar-refractivity contribution in [3.8, 4) is 17.0 Å². The zero-order valence-electron chi connectivity index (χ0n) is 11.3. The fraction of sp³-hybridized carbons (Fsp3) is 0.0714. The van der Waals surface area contributed by atoms with E-state index in [2.05, 4.69) is 14.8 Å². The van der Waals surface area contributed by atoms with Crippen LogP contribution in [0.1, 0.15) is 10.5 Å². The van der Waals surface area contributed by atoms with Crippen molar-refractivity contribution < 1.29 is 23.4 Å². The van der Waals surface area contributed by atoms with Crippen molar-refractivity contribution in [2.75, 3.05) is 0 Å². The van der Waals surface area contributed by atoms with E-state index < -0.39 is 12.6 Å². The number of hydrogen-bond donors (Lipinski definition) is 1. The monoisotopic (exact) mass is 339 g/mol. The van der Waals surface area contributed by atoms with E-state index in [1.807, 2.05) is 0 Å². The van der Waals surface area contributed by atoms with Gasteiger partial charge in [0.2, 0.25) is 0 Å². The minimum absolute atomic E-state index is 0.00864. The Kier molecular flexibility index (Phi) is 3.83. The van der Waals surface area contributed by atoms with Crippen LogP contribution in [-0.4, -0.2) is 32.3 Å². The van der Waals surface area contributed by atoms with Gasteiger partial charge in [0.25, 0.3) is 0 Å². The molecule has 0 saturated carbocycles. The van der Waals surface area contributed by atoms with Crippen molar-refractivity contribution in [3.05, 3.63) is 47.2 Å². The second-order valence-corrected chi connectivity index (χ2v) is 4.87. The zero-order valence-corrected chi connectivity index (χ0v) is 12.0. The Morgan fingerprint density at radius 1 is 1.30 bits per heavy atom. The molecule has 0 fully saturated rings. The summed E-state index contributed by atoms with van der Waals surface area (Å²) in [7, 11) is 0. The van der Waals surface area contributed by atoms with Crippen LogP contribution >= 0.6 is 11.6 Å². The molecular weight excluding hydrogens is 332 g/mol. The van der Waals surface area contributed by atoms with E-state index in [-0.39, 0.29) is 22.1 Å². The topological polar surface area (TPSA) is 76.7 Å². The number of carbonyl (C=O) groups is 1. The van der Waals surface area contributed by atoms with Crippen molar-refractivity contribution in [1.29, 1.82) is 0 Å². The minimum Gasteiger partial charge on any atom is -0.477 e. The minimum atomic E-state index is -2.92. The first-order valence-corrected chi connectivity index (χ1v) is 6.66. The van der Waals surface area contributed by atoms with Gasteiger partial charge < -0.3 is 9.84 Å². The van der Waals surface area contributed by atoms with Gasteiger partial charge in [-0.15, -0.1) is 0 Å². The molecule has 0 aliphatic heterocycles. The standard InChI is InChI=1S/C14H8ClF2N3O3/c15-9-6-18-20-11(13(21)22)5-10(19-12(9)20)7-1-3-8(4-2-7)23-14(16)17/h1-6,14H,(H,21,22). The Morgan fingerprint density at radius 3 is 2.61 bits per heavy atom. The molecule has 0 spiro atoms.